The average molecular weight is 571 g/mol. The lowest BCUT2D eigenvalue weighted by molar-refractivity contribution is -0.120. The summed E-state index contributed by atoms with van der Waals surface area (Å²) in [6.07, 6.45) is 1.13. The number of aromatic nitrogens is 1. The fraction of sp³-hybridized carbons (Fsp3) is 0.171. The predicted molar refractivity (Wildman–Crippen MR) is 164 cm³/mol. The van der Waals surface area contributed by atoms with Gasteiger partial charge >= 0.3 is 6.03 Å². The molecule has 214 valence electrons. The Morgan fingerprint density at radius 1 is 0.930 bits per heavy atom. The lowest BCUT2D eigenvalue weighted by Gasteiger charge is -2.36. The molecule has 0 saturated carbocycles. The molecular weight excluding hydrogens is 540 g/mol. The van der Waals surface area contributed by atoms with E-state index >= 15 is 0 Å². The second kappa shape index (κ2) is 10.8. The summed E-state index contributed by atoms with van der Waals surface area (Å²) >= 11 is 0. The molecular formula is C35H30N4O4. The van der Waals surface area contributed by atoms with E-state index in [1.165, 1.54) is 4.90 Å². The number of imide groups is 1. The number of amides is 4. The Morgan fingerprint density at radius 2 is 1.70 bits per heavy atom. The van der Waals surface area contributed by atoms with Crippen LogP contribution in [0.15, 0.2) is 103 Å². The number of aromatic amines is 1. The number of ether oxygens (including phenoxy) is 1. The van der Waals surface area contributed by atoms with Gasteiger partial charge in [-0.05, 0) is 65.6 Å². The normalized spacial score (nSPS) is 17.6. The number of carbonyl (C=O) groups is 3. The van der Waals surface area contributed by atoms with E-state index in [1.54, 1.807) is 36.3 Å². The zero-order valence-corrected chi connectivity index (χ0v) is 23.6. The molecule has 4 amide bonds. The molecule has 8 heteroatoms. The van der Waals surface area contributed by atoms with Gasteiger partial charge in [0.05, 0.1) is 12.8 Å². The van der Waals surface area contributed by atoms with Crippen LogP contribution in [-0.2, 0) is 17.6 Å². The molecule has 1 fully saturated rings. The maximum atomic E-state index is 14.1. The van der Waals surface area contributed by atoms with Gasteiger partial charge in [0.2, 0.25) is 0 Å². The van der Waals surface area contributed by atoms with Crippen LogP contribution in [0.25, 0.3) is 10.9 Å². The quantitative estimate of drug-likeness (QED) is 0.248. The van der Waals surface area contributed by atoms with Gasteiger partial charge in [-0.15, -0.1) is 0 Å². The molecule has 43 heavy (non-hydrogen) atoms. The first-order chi connectivity index (χ1) is 21.0. The first-order valence-electron chi connectivity index (χ1n) is 14.4. The summed E-state index contributed by atoms with van der Waals surface area (Å²) < 4.78 is 5.50. The Morgan fingerprint density at radius 3 is 2.49 bits per heavy atom. The van der Waals surface area contributed by atoms with Crippen LogP contribution in [0, 0.1) is 0 Å². The van der Waals surface area contributed by atoms with Crippen LogP contribution in [0.2, 0.25) is 0 Å². The van der Waals surface area contributed by atoms with Crippen molar-refractivity contribution in [2.45, 2.75) is 24.9 Å². The van der Waals surface area contributed by atoms with Crippen LogP contribution < -0.4 is 15.0 Å². The van der Waals surface area contributed by atoms with Crippen LogP contribution in [0.4, 0.5) is 10.5 Å². The number of hydrogen-bond acceptors (Lipinski definition) is 4. The van der Waals surface area contributed by atoms with Crippen LogP contribution in [-0.4, -0.2) is 47.4 Å². The predicted octanol–water partition coefficient (Wildman–Crippen LogP) is 5.63. The number of hydrogen-bond donors (Lipinski definition) is 2. The monoisotopic (exact) mass is 570 g/mol. The molecule has 1 aromatic heterocycles. The van der Waals surface area contributed by atoms with E-state index in [9.17, 15) is 14.4 Å². The molecule has 1 saturated heterocycles. The molecule has 0 bridgehead atoms. The minimum Gasteiger partial charge on any atom is -0.497 e. The number of nitrogens with one attached hydrogen (secondary N) is 2. The highest BCUT2D eigenvalue weighted by Gasteiger charge is 2.53. The Balaban J connectivity index is 1.18. The van der Waals surface area contributed by atoms with Crippen molar-refractivity contribution in [3.8, 4) is 5.75 Å². The number of carbonyl (C=O) groups excluding carboxylic acids is 3. The molecule has 2 aliphatic heterocycles. The van der Waals surface area contributed by atoms with Gasteiger partial charge in [0.1, 0.15) is 17.8 Å². The highest BCUT2D eigenvalue weighted by molar-refractivity contribution is 6.22. The van der Waals surface area contributed by atoms with Crippen molar-refractivity contribution in [1.82, 2.24) is 15.2 Å². The Kier molecular flexibility index (Phi) is 6.66. The van der Waals surface area contributed by atoms with E-state index in [1.807, 2.05) is 78.9 Å². The molecule has 1 unspecified atom stereocenters. The summed E-state index contributed by atoms with van der Waals surface area (Å²) in [5, 5.41) is 3.99. The van der Waals surface area contributed by atoms with Crippen molar-refractivity contribution in [3.05, 3.63) is 131 Å². The number of urea groups is 1. The molecule has 8 nitrogen and oxygen atoms in total. The number of para-hydroxylation sites is 1. The zero-order chi connectivity index (χ0) is 29.5. The van der Waals surface area contributed by atoms with E-state index < -0.39 is 18.1 Å². The molecule has 4 aromatic carbocycles. The van der Waals surface area contributed by atoms with E-state index in [-0.39, 0.29) is 11.8 Å². The van der Waals surface area contributed by atoms with Crippen molar-refractivity contribution in [1.29, 1.82) is 0 Å². The van der Waals surface area contributed by atoms with Crippen molar-refractivity contribution < 1.29 is 19.1 Å². The highest BCUT2D eigenvalue weighted by Crippen LogP contribution is 2.45. The molecule has 2 N–H and O–H groups in total. The summed E-state index contributed by atoms with van der Waals surface area (Å²) in [7, 11) is 1.61. The van der Waals surface area contributed by atoms with Gasteiger partial charge < -0.3 is 15.0 Å². The lowest BCUT2D eigenvalue weighted by Crippen LogP contribution is -2.44. The lowest BCUT2D eigenvalue weighted by atomic mass is 9.89. The van der Waals surface area contributed by atoms with E-state index in [0.717, 1.165) is 39.7 Å². The maximum Gasteiger partial charge on any atom is 0.332 e. The van der Waals surface area contributed by atoms with Crippen molar-refractivity contribution in [2.75, 3.05) is 18.6 Å². The van der Waals surface area contributed by atoms with Crippen molar-refractivity contribution >= 4 is 34.4 Å². The third-order valence-corrected chi connectivity index (χ3v) is 8.39. The van der Waals surface area contributed by atoms with Gasteiger partial charge in [0, 0.05) is 35.1 Å². The van der Waals surface area contributed by atoms with Crippen molar-refractivity contribution in [2.24, 2.45) is 0 Å². The van der Waals surface area contributed by atoms with Gasteiger partial charge in [-0.3, -0.25) is 14.5 Å². The molecule has 2 aliphatic rings. The van der Waals surface area contributed by atoms with Crippen LogP contribution in [0.5, 0.6) is 5.75 Å². The molecule has 0 radical (unpaired) electrons. The number of rotatable bonds is 7. The van der Waals surface area contributed by atoms with Gasteiger partial charge in [-0.1, -0.05) is 60.7 Å². The minimum atomic E-state index is -0.670. The van der Waals surface area contributed by atoms with Gasteiger partial charge in [-0.25, -0.2) is 9.69 Å². The largest absolute Gasteiger partial charge is 0.497 e. The summed E-state index contributed by atoms with van der Waals surface area (Å²) in [5.74, 6) is 0.182. The molecule has 5 aromatic rings. The first-order valence-corrected chi connectivity index (χ1v) is 14.4. The number of fused-ring (bicyclic) bond motifs is 4. The molecule has 3 heterocycles. The molecule has 0 aliphatic carbocycles. The standard InChI is InChI=1S/C35H30N4O4/c1-43-26-11-7-10-24(20-26)32-31-28(27-12-5-6-13-29(27)37-31)21-30-34(41)38(35(42)39(30)32)25-16-14-23(15-17-25)33(40)36-19-18-22-8-3-2-4-9-22/h2-17,20,30,32,37H,18-19,21H2,1H3,(H,36,40)/t30-,32?/m0/s1. The molecule has 0 spiro atoms. The summed E-state index contributed by atoms with van der Waals surface area (Å²) in [4.78, 5) is 47.3. The second-order valence-electron chi connectivity index (χ2n) is 10.9. The average Bonchev–Trinajstić information content (AvgIpc) is 3.54. The smallest absolute Gasteiger partial charge is 0.332 e. The Hall–Kier alpha value is -5.37. The zero-order valence-electron chi connectivity index (χ0n) is 23.6. The van der Waals surface area contributed by atoms with Crippen LogP contribution in [0.1, 0.15) is 38.8 Å². The fourth-order valence-electron chi connectivity index (χ4n) is 6.30. The number of anilines is 1. The third kappa shape index (κ3) is 4.61. The van der Waals surface area contributed by atoms with E-state index in [2.05, 4.69) is 10.3 Å². The molecule has 7 rings (SSSR count). The summed E-state index contributed by atoms with van der Waals surface area (Å²) in [6, 6.07) is 30.6. The van der Waals surface area contributed by atoms with Crippen LogP contribution in [0.3, 0.4) is 0 Å². The Labute approximate surface area is 248 Å². The van der Waals surface area contributed by atoms with Crippen molar-refractivity contribution in [3.63, 3.8) is 0 Å². The number of benzene rings is 4. The number of methoxy groups -OCH3 is 1. The topological polar surface area (TPSA) is 94.7 Å². The summed E-state index contributed by atoms with van der Waals surface area (Å²) in [5.41, 5.74) is 5.80. The van der Waals surface area contributed by atoms with Gasteiger partial charge in [0.15, 0.2) is 0 Å². The second-order valence-corrected chi connectivity index (χ2v) is 10.9. The number of nitrogens with zero attached hydrogens (tertiary/aromatic N) is 2. The van der Waals surface area contributed by atoms with E-state index in [0.29, 0.717) is 30.0 Å². The minimum absolute atomic E-state index is 0.206. The SMILES string of the molecule is COc1cccc(C2c3[nH]c4ccccc4c3C[C@H]3C(=O)N(c4ccc(C(=O)NCCc5ccccc5)cc4)C(=O)N23)c1. The highest BCUT2D eigenvalue weighted by atomic mass is 16.5. The first kappa shape index (κ1) is 26.5. The summed E-state index contributed by atoms with van der Waals surface area (Å²) in [6.45, 7) is 0.505. The fourth-order valence-corrected chi connectivity index (χ4v) is 6.30. The molecule has 2 atom stereocenters. The van der Waals surface area contributed by atoms with Gasteiger partial charge in [-0.2, -0.15) is 0 Å². The van der Waals surface area contributed by atoms with E-state index in [4.69, 9.17) is 4.74 Å². The van der Waals surface area contributed by atoms with Crippen LogP contribution >= 0.6 is 0 Å². The third-order valence-electron chi connectivity index (χ3n) is 8.39. The maximum absolute atomic E-state index is 14.1. The van der Waals surface area contributed by atoms with Gasteiger partial charge in [0.25, 0.3) is 11.8 Å². The number of H-pyrrole nitrogens is 1. The Bertz CT molecular complexity index is 1850.